The second kappa shape index (κ2) is 9.09. The van der Waals surface area contributed by atoms with Gasteiger partial charge >= 0.3 is 6.09 Å². The van der Waals surface area contributed by atoms with Crippen molar-refractivity contribution in [2.45, 2.75) is 46.0 Å². The Labute approximate surface area is 167 Å². The Morgan fingerprint density at radius 3 is 2.61 bits per heavy atom. The van der Waals surface area contributed by atoms with Crippen LogP contribution in [0.15, 0.2) is 36.5 Å². The average molecular weight is 383 g/mol. The maximum atomic E-state index is 11.4. The molecule has 1 aliphatic rings. The van der Waals surface area contributed by atoms with Gasteiger partial charge in [0, 0.05) is 6.20 Å². The molecule has 150 valence electrons. The number of amides is 1. The highest BCUT2D eigenvalue weighted by molar-refractivity contribution is 5.84. The zero-order valence-corrected chi connectivity index (χ0v) is 17.2. The minimum Gasteiger partial charge on any atom is -0.493 e. The van der Waals surface area contributed by atoms with Gasteiger partial charge in [-0.25, -0.2) is 9.78 Å². The molecule has 1 aromatic heterocycles. The molecule has 0 saturated heterocycles. The molecule has 5 heteroatoms. The van der Waals surface area contributed by atoms with Gasteiger partial charge in [0.25, 0.3) is 0 Å². The highest BCUT2D eigenvalue weighted by Gasteiger charge is 2.27. The van der Waals surface area contributed by atoms with E-state index in [-0.39, 0.29) is 0 Å². The lowest BCUT2D eigenvalue weighted by Crippen LogP contribution is -2.12. The van der Waals surface area contributed by atoms with E-state index in [1.54, 1.807) is 6.20 Å². The second-order valence-corrected chi connectivity index (χ2v) is 8.12. The topological polar surface area (TPSA) is 60.5 Å². The average Bonchev–Trinajstić information content (AvgIpc) is 3.51. The number of benzene rings is 1. The second-order valence-electron chi connectivity index (χ2n) is 8.12. The fraction of sp³-hybridized carbons (Fsp3) is 0.478. The molecule has 0 aliphatic heterocycles. The summed E-state index contributed by atoms with van der Waals surface area (Å²) in [6.07, 6.45) is 4.77. The Kier molecular flexibility index (Phi) is 6.55. The van der Waals surface area contributed by atoms with Gasteiger partial charge in [0.05, 0.1) is 13.7 Å². The molecule has 0 spiro atoms. The third kappa shape index (κ3) is 5.47. The molecule has 28 heavy (non-hydrogen) atoms. The largest absolute Gasteiger partial charge is 0.493 e. The number of nitrogens with zero attached hydrogens (tertiary/aromatic N) is 1. The maximum absolute atomic E-state index is 11.4. The summed E-state index contributed by atoms with van der Waals surface area (Å²) >= 11 is 0. The quantitative estimate of drug-likeness (QED) is 0.621. The van der Waals surface area contributed by atoms with Crippen LogP contribution < -0.4 is 10.1 Å². The number of pyridine rings is 1. The lowest BCUT2D eigenvalue weighted by atomic mass is 9.99. The van der Waals surface area contributed by atoms with Gasteiger partial charge in [-0.1, -0.05) is 26.8 Å². The molecule has 0 radical (unpaired) electrons. The molecular weight excluding hydrogens is 352 g/mol. The van der Waals surface area contributed by atoms with Crippen molar-refractivity contribution in [1.82, 2.24) is 4.98 Å². The van der Waals surface area contributed by atoms with Crippen molar-refractivity contribution in [3.8, 4) is 16.9 Å². The Balaban J connectivity index is 1.78. The molecule has 1 fully saturated rings. The number of ether oxygens (including phenoxy) is 2. The van der Waals surface area contributed by atoms with E-state index in [2.05, 4.69) is 54.0 Å². The summed E-state index contributed by atoms with van der Waals surface area (Å²) in [6.45, 7) is 7.50. The van der Waals surface area contributed by atoms with Gasteiger partial charge in [-0.3, -0.25) is 5.32 Å². The van der Waals surface area contributed by atoms with Crippen LogP contribution in [-0.4, -0.2) is 24.8 Å². The van der Waals surface area contributed by atoms with E-state index in [9.17, 15) is 4.79 Å². The van der Waals surface area contributed by atoms with Gasteiger partial charge in [0.2, 0.25) is 0 Å². The number of anilines is 1. The van der Waals surface area contributed by atoms with Gasteiger partial charge in [0.15, 0.2) is 0 Å². The van der Waals surface area contributed by atoms with Crippen LogP contribution >= 0.6 is 0 Å². The highest BCUT2D eigenvalue weighted by atomic mass is 16.5. The van der Waals surface area contributed by atoms with Crippen LogP contribution in [0.5, 0.6) is 5.75 Å². The predicted octanol–water partition coefficient (Wildman–Crippen LogP) is 5.87. The minimum absolute atomic E-state index is 0.472. The molecule has 1 atom stereocenters. The van der Waals surface area contributed by atoms with Crippen LogP contribution in [0.25, 0.3) is 11.1 Å². The van der Waals surface area contributed by atoms with Crippen molar-refractivity contribution in [1.29, 1.82) is 0 Å². The molecule has 3 rings (SSSR count). The van der Waals surface area contributed by atoms with E-state index in [1.165, 1.54) is 31.9 Å². The molecular formula is C23H30N2O3. The summed E-state index contributed by atoms with van der Waals surface area (Å²) < 4.78 is 10.8. The Morgan fingerprint density at radius 1 is 1.18 bits per heavy atom. The van der Waals surface area contributed by atoms with Crippen LogP contribution in [0.4, 0.5) is 10.6 Å². The van der Waals surface area contributed by atoms with Crippen molar-refractivity contribution >= 4 is 11.9 Å². The van der Waals surface area contributed by atoms with E-state index < -0.39 is 6.09 Å². The summed E-state index contributed by atoms with van der Waals surface area (Å²) in [5.41, 5.74) is 3.39. The van der Waals surface area contributed by atoms with Crippen molar-refractivity contribution in [3.63, 3.8) is 0 Å². The molecule has 1 N–H and O–H groups in total. The number of carbonyl (C=O) groups is 1. The zero-order valence-electron chi connectivity index (χ0n) is 17.2. The number of hydrogen-bond donors (Lipinski definition) is 1. The number of hydrogen-bond acceptors (Lipinski definition) is 4. The zero-order chi connectivity index (χ0) is 20.1. The number of aromatic nitrogens is 1. The Hall–Kier alpha value is -2.56. The van der Waals surface area contributed by atoms with Gasteiger partial charge < -0.3 is 9.47 Å². The van der Waals surface area contributed by atoms with Crippen LogP contribution in [0.1, 0.15) is 51.5 Å². The van der Waals surface area contributed by atoms with Crippen LogP contribution in [0.3, 0.4) is 0 Å². The highest BCUT2D eigenvalue weighted by Crippen LogP contribution is 2.45. The molecule has 1 heterocycles. The normalized spacial score (nSPS) is 14.6. The number of methoxy groups -OCH3 is 1. The summed E-state index contributed by atoms with van der Waals surface area (Å²) in [6, 6.07) is 10.2. The van der Waals surface area contributed by atoms with E-state index in [0.717, 1.165) is 23.5 Å². The summed E-state index contributed by atoms with van der Waals surface area (Å²) in [4.78, 5) is 15.6. The van der Waals surface area contributed by atoms with Crippen LogP contribution in [-0.2, 0) is 4.74 Å². The first-order chi connectivity index (χ1) is 13.5. The van der Waals surface area contributed by atoms with Crippen molar-refractivity contribution in [2.75, 3.05) is 19.0 Å². The van der Waals surface area contributed by atoms with Crippen LogP contribution in [0, 0.1) is 11.8 Å². The van der Waals surface area contributed by atoms with E-state index >= 15 is 0 Å². The standard InChI is InChI=1S/C23H30N2O3/c1-15(2)11-16(3)14-28-21-8-7-18(12-20(21)17-5-6-17)19-9-10-24-22(13-19)25-23(26)27-4/h7-10,12-13,15-17H,5-6,11,14H2,1-4H3,(H,24,25,26). The van der Waals surface area contributed by atoms with Gasteiger partial charge in [0.1, 0.15) is 11.6 Å². The lowest BCUT2D eigenvalue weighted by Gasteiger charge is -2.18. The van der Waals surface area contributed by atoms with E-state index in [1.807, 2.05) is 12.1 Å². The fourth-order valence-corrected chi connectivity index (χ4v) is 3.51. The maximum Gasteiger partial charge on any atom is 0.412 e. The van der Waals surface area contributed by atoms with E-state index in [0.29, 0.717) is 23.6 Å². The van der Waals surface area contributed by atoms with E-state index in [4.69, 9.17) is 4.74 Å². The number of rotatable bonds is 8. The summed E-state index contributed by atoms with van der Waals surface area (Å²) in [5.74, 6) is 3.29. The van der Waals surface area contributed by atoms with Crippen molar-refractivity contribution in [2.24, 2.45) is 11.8 Å². The first kappa shape index (κ1) is 20.2. The monoisotopic (exact) mass is 382 g/mol. The van der Waals surface area contributed by atoms with Crippen LogP contribution in [0.2, 0.25) is 0 Å². The smallest absolute Gasteiger partial charge is 0.412 e. The molecule has 1 amide bonds. The molecule has 1 aromatic carbocycles. The third-order valence-electron chi connectivity index (χ3n) is 4.93. The SMILES string of the molecule is COC(=O)Nc1cc(-c2ccc(OCC(C)CC(C)C)c(C3CC3)c2)ccn1. The Morgan fingerprint density at radius 2 is 1.93 bits per heavy atom. The van der Waals surface area contributed by atoms with Gasteiger partial charge in [-0.2, -0.15) is 0 Å². The van der Waals surface area contributed by atoms with Gasteiger partial charge in [-0.15, -0.1) is 0 Å². The number of nitrogens with one attached hydrogen (secondary N) is 1. The molecule has 2 aromatic rings. The molecule has 0 bridgehead atoms. The predicted molar refractivity (Wildman–Crippen MR) is 112 cm³/mol. The van der Waals surface area contributed by atoms with Crippen molar-refractivity contribution in [3.05, 3.63) is 42.1 Å². The lowest BCUT2D eigenvalue weighted by molar-refractivity contribution is 0.187. The molecule has 1 saturated carbocycles. The number of carbonyl (C=O) groups excluding carboxylic acids is 1. The minimum atomic E-state index is -0.525. The molecule has 1 aliphatic carbocycles. The summed E-state index contributed by atoms with van der Waals surface area (Å²) in [7, 11) is 1.34. The first-order valence-electron chi connectivity index (χ1n) is 10.0. The first-order valence-corrected chi connectivity index (χ1v) is 10.0. The Bertz CT molecular complexity index is 815. The van der Waals surface area contributed by atoms with Crippen molar-refractivity contribution < 1.29 is 14.3 Å². The summed E-state index contributed by atoms with van der Waals surface area (Å²) in [5, 5.41) is 2.61. The molecule has 5 nitrogen and oxygen atoms in total. The molecule has 1 unspecified atom stereocenters. The fourth-order valence-electron chi connectivity index (χ4n) is 3.51. The van der Waals surface area contributed by atoms with Gasteiger partial charge in [-0.05, 0) is 78.0 Å². The third-order valence-corrected chi connectivity index (χ3v) is 4.93.